The van der Waals surface area contributed by atoms with Gasteiger partial charge in [-0.15, -0.1) is 0 Å². The minimum absolute atomic E-state index is 0.204. The molecule has 0 saturated carbocycles. The lowest BCUT2D eigenvalue weighted by Gasteiger charge is -1.95. The van der Waals surface area contributed by atoms with E-state index in [2.05, 4.69) is 21.6 Å². The number of carbonyl (C=O) groups excluding carboxylic acids is 1. The second-order valence-electron chi connectivity index (χ2n) is 2.35. The van der Waals surface area contributed by atoms with E-state index in [1.807, 2.05) is 0 Å². The van der Waals surface area contributed by atoms with Crippen LogP contribution in [-0.4, -0.2) is 18.1 Å². The Labute approximate surface area is 86.0 Å². The molecule has 0 unspecified atom stereocenters. The Morgan fingerprint density at radius 3 is 3.07 bits per heavy atom. The Hall–Kier alpha value is -1.73. The molecule has 0 aromatic carbocycles. The van der Waals surface area contributed by atoms with E-state index in [9.17, 15) is 4.79 Å². The van der Waals surface area contributed by atoms with Crippen molar-refractivity contribution in [3.63, 3.8) is 0 Å². The van der Waals surface area contributed by atoms with Crippen LogP contribution >= 0.6 is 11.6 Å². The number of halogens is 1. The number of pyridine rings is 1. The van der Waals surface area contributed by atoms with Crippen LogP contribution < -0.4 is 5.73 Å². The highest BCUT2D eigenvalue weighted by Gasteiger charge is 1.99. The molecule has 1 heterocycles. The van der Waals surface area contributed by atoms with Crippen LogP contribution in [0.15, 0.2) is 12.3 Å². The highest BCUT2D eigenvalue weighted by Crippen LogP contribution is 2.13. The number of nitrogens with two attached hydrogens (primary N) is 1. The minimum atomic E-state index is -0.636. The fourth-order valence-electron chi connectivity index (χ4n) is 0.721. The lowest BCUT2D eigenvalue weighted by molar-refractivity contribution is -0.133. The summed E-state index contributed by atoms with van der Waals surface area (Å²) in [6.45, 7) is 0. The molecule has 0 atom stereocenters. The Balaban J connectivity index is 3.00. The smallest absolute Gasteiger partial charge is 0.384 e. The van der Waals surface area contributed by atoms with Gasteiger partial charge in [-0.1, -0.05) is 17.5 Å². The van der Waals surface area contributed by atoms with Gasteiger partial charge in [0.2, 0.25) is 0 Å². The first-order valence-electron chi connectivity index (χ1n) is 3.64. The zero-order chi connectivity index (χ0) is 10.6. The van der Waals surface area contributed by atoms with Gasteiger partial charge in [0.1, 0.15) is 5.15 Å². The number of carbonyl (C=O) groups is 1. The number of nitrogen functional groups attached to an aromatic ring is 1. The van der Waals surface area contributed by atoms with Crippen molar-refractivity contribution in [2.45, 2.75) is 0 Å². The SMILES string of the molecule is COC(=O)C#Cc1cc(N)cnc1Cl. The van der Waals surface area contributed by atoms with E-state index < -0.39 is 5.97 Å². The van der Waals surface area contributed by atoms with Crippen LogP contribution in [0.3, 0.4) is 0 Å². The van der Waals surface area contributed by atoms with Crippen molar-refractivity contribution >= 4 is 23.3 Å². The van der Waals surface area contributed by atoms with Crippen LogP contribution in [0.2, 0.25) is 5.15 Å². The standard InChI is InChI=1S/C9H7ClN2O2/c1-14-8(13)3-2-6-4-7(11)5-12-9(6)10/h4-5H,11H2,1H3. The van der Waals surface area contributed by atoms with Crippen molar-refractivity contribution < 1.29 is 9.53 Å². The van der Waals surface area contributed by atoms with Crippen molar-refractivity contribution in [2.75, 3.05) is 12.8 Å². The number of anilines is 1. The summed E-state index contributed by atoms with van der Waals surface area (Å²) in [6.07, 6.45) is 1.41. The van der Waals surface area contributed by atoms with E-state index in [-0.39, 0.29) is 5.15 Å². The van der Waals surface area contributed by atoms with Gasteiger partial charge in [0.15, 0.2) is 0 Å². The largest absolute Gasteiger partial charge is 0.459 e. The van der Waals surface area contributed by atoms with E-state index >= 15 is 0 Å². The first kappa shape index (κ1) is 10.4. The maximum atomic E-state index is 10.7. The second kappa shape index (κ2) is 4.49. The van der Waals surface area contributed by atoms with Crippen LogP contribution in [-0.2, 0) is 9.53 Å². The molecule has 0 spiro atoms. The summed E-state index contributed by atoms with van der Waals surface area (Å²) in [7, 11) is 1.25. The summed E-state index contributed by atoms with van der Waals surface area (Å²) in [5, 5.41) is 0.204. The number of nitrogens with zero attached hydrogens (tertiary/aromatic N) is 1. The van der Waals surface area contributed by atoms with Gasteiger partial charge in [-0.05, 0) is 6.07 Å². The summed E-state index contributed by atoms with van der Waals surface area (Å²) < 4.78 is 4.33. The first-order valence-corrected chi connectivity index (χ1v) is 4.02. The number of esters is 1. The maximum absolute atomic E-state index is 10.7. The molecule has 1 aromatic heterocycles. The van der Waals surface area contributed by atoms with Gasteiger partial charge in [-0.2, -0.15) is 0 Å². The number of rotatable bonds is 0. The van der Waals surface area contributed by atoms with Gasteiger partial charge < -0.3 is 10.5 Å². The molecule has 0 saturated heterocycles. The van der Waals surface area contributed by atoms with Crippen LogP contribution in [0.1, 0.15) is 5.56 Å². The average Bonchev–Trinajstić information content (AvgIpc) is 2.19. The third kappa shape index (κ3) is 2.64. The zero-order valence-corrected chi connectivity index (χ0v) is 8.13. The molecule has 0 bridgehead atoms. The van der Waals surface area contributed by atoms with Crippen molar-refractivity contribution in [1.29, 1.82) is 0 Å². The molecular weight excluding hydrogens is 204 g/mol. The second-order valence-corrected chi connectivity index (χ2v) is 2.71. The summed E-state index contributed by atoms with van der Waals surface area (Å²) in [4.78, 5) is 14.5. The summed E-state index contributed by atoms with van der Waals surface area (Å²) in [5.74, 6) is 4.10. The van der Waals surface area contributed by atoms with Gasteiger partial charge in [0, 0.05) is 5.92 Å². The highest BCUT2D eigenvalue weighted by molar-refractivity contribution is 6.30. The summed E-state index contributed by atoms with van der Waals surface area (Å²) >= 11 is 5.70. The normalized spacial score (nSPS) is 8.71. The number of aromatic nitrogens is 1. The molecule has 0 amide bonds. The van der Waals surface area contributed by atoms with Gasteiger partial charge in [-0.3, -0.25) is 0 Å². The van der Waals surface area contributed by atoms with E-state index in [4.69, 9.17) is 17.3 Å². The van der Waals surface area contributed by atoms with Gasteiger partial charge >= 0.3 is 5.97 Å². The van der Waals surface area contributed by atoms with Crippen LogP contribution in [0.25, 0.3) is 0 Å². The fraction of sp³-hybridized carbons (Fsp3) is 0.111. The predicted octanol–water partition coefficient (Wildman–Crippen LogP) is 0.842. The number of hydrogen-bond acceptors (Lipinski definition) is 4. The van der Waals surface area contributed by atoms with Crippen molar-refractivity contribution in [2.24, 2.45) is 0 Å². The van der Waals surface area contributed by atoms with E-state index in [1.54, 1.807) is 0 Å². The molecule has 0 aliphatic heterocycles. The fourth-order valence-corrected chi connectivity index (χ4v) is 0.872. The van der Waals surface area contributed by atoms with E-state index in [0.717, 1.165) is 0 Å². The Morgan fingerprint density at radius 2 is 2.43 bits per heavy atom. The lowest BCUT2D eigenvalue weighted by atomic mass is 10.2. The minimum Gasteiger partial charge on any atom is -0.459 e. The third-order valence-electron chi connectivity index (χ3n) is 1.34. The molecule has 4 nitrogen and oxygen atoms in total. The molecule has 72 valence electrons. The molecule has 1 aromatic rings. The summed E-state index contributed by atoms with van der Waals surface area (Å²) in [6, 6.07) is 1.53. The predicted molar refractivity (Wildman–Crippen MR) is 52.6 cm³/mol. The van der Waals surface area contributed by atoms with E-state index in [0.29, 0.717) is 11.3 Å². The molecule has 0 fully saturated rings. The van der Waals surface area contributed by atoms with Gasteiger partial charge in [0.05, 0.1) is 24.6 Å². The van der Waals surface area contributed by atoms with Crippen molar-refractivity contribution in [1.82, 2.24) is 4.98 Å². The van der Waals surface area contributed by atoms with E-state index in [1.165, 1.54) is 19.4 Å². The highest BCUT2D eigenvalue weighted by atomic mass is 35.5. The topological polar surface area (TPSA) is 65.2 Å². The van der Waals surface area contributed by atoms with Crippen LogP contribution in [0.5, 0.6) is 0 Å². The Kier molecular flexibility index (Phi) is 3.32. The van der Waals surface area contributed by atoms with Gasteiger partial charge in [-0.25, -0.2) is 9.78 Å². The Morgan fingerprint density at radius 1 is 1.71 bits per heavy atom. The molecule has 0 aliphatic rings. The van der Waals surface area contributed by atoms with Gasteiger partial charge in [0.25, 0.3) is 0 Å². The summed E-state index contributed by atoms with van der Waals surface area (Å²) in [5.41, 5.74) is 6.30. The van der Waals surface area contributed by atoms with Crippen LogP contribution in [0.4, 0.5) is 5.69 Å². The first-order chi connectivity index (χ1) is 6.63. The monoisotopic (exact) mass is 210 g/mol. The molecule has 1 rings (SSSR count). The third-order valence-corrected chi connectivity index (χ3v) is 1.65. The number of methoxy groups -OCH3 is 1. The molecular formula is C9H7ClN2O2. The average molecular weight is 211 g/mol. The number of hydrogen-bond donors (Lipinski definition) is 1. The quantitative estimate of drug-likeness (QED) is 0.392. The Bertz CT molecular complexity index is 421. The maximum Gasteiger partial charge on any atom is 0.384 e. The molecule has 0 radical (unpaired) electrons. The molecule has 0 aliphatic carbocycles. The zero-order valence-electron chi connectivity index (χ0n) is 7.37. The molecule has 2 N–H and O–H groups in total. The van der Waals surface area contributed by atoms with Crippen molar-refractivity contribution in [3.05, 3.63) is 23.0 Å². The van der Waals surface area contributed by atoms with Crippen molar-refractivity contribution in [3.8, 4) is 11.8 Å². The molecule has 5 heteroatoms. The number of ether oxygens (including phenoxy) is 1. The lowest BCUT2D eigenvalue weighted by Crippen LogP contribution is -1.95. The molecule has 14 heavy (non-hydrogen) atoms. The van der Waals surface area contributed by atoms with Crippen LogP contribution in [0, 0.1) is 11.8 Å².